The van der Waals surface area contributed by atoms with Gasteiger partial charge in [0.2, 0.25) is 5.91 Å². The Labute approximate surface area is 181 Å². The van der Waals surface area contributed by atoms with Crippen LogP contribution in [0.3, 0.4) is 0 Å². The summed E-state index contributed by atoms with van der Waals surface area (Å²) in [5, 5.41) is 4.69. The fraction of sp³-hybridized carbons (Fsp3) is 0.240. The van der Waals surface area contributed by atoms with E-state index in [2.05, 4.69) is 5.32 Å². The topological polar surface area (TPSA) is 98.5 Å². The van der Waals surface area contributed by atoms with Crippen molar-refractivity contribution in [3.05, 3.63) is 71.8 Å². The first-order valence-electron chi connectivity index (χ1n) is 9.98. The van der Waals surface area contributed by atoms with E-state index in [0.29, 0.717) is 5.56 Å². The van der Waals surface area contributed by atoms with Crippen LogP contribution >= 0.6 is 0 Å². The van der Waals surface area contributed by atoms with E-state index < -0.39 is 11.3 Å². The van der Waals surface area contributed by atoms with Crippen LogP contribution in [-0.4, -0.2) is 31.4 Å². The van der Waals surface area contributed by atoms with Crippen molar-refractivity contribution < 1.29 is 19.1 Å². The van der Waals surface area contributed by atoms with Gasteiger partial charge in [-0.15, -0.1) is 0 Å². The second-order valence-corrected chi connectivity index (χ2v) is 8.13. The molecule has 2 amide bonds. The quantitative estimate of drug-likeness (QED) is 0.574. The predicted octanol–water partition coefficient (Wildman–Crippen LogP) is 3.46. The molecule has 0 atom stereocenters. The van der Waals surface area contributed by atoms with Gasteiger partial charge in [0.15, 0.2) is 0 Å². The van der Waals surface area contributed by atoms with Crippen molar-refractivity contribution in [1.29, 1.82) is 0 Å². The summed E-state index contributed by atoms with van der Waals surface area (Å²) in [6.45, 7) is 3.54. The van der Waals surface area contributed by atoms with Gasteiger partial charge >= 0.3 is 5.97 Å². The molecule has 6 nitrogen and oxygen atoms in total. The van der Waals surface area contributed by atoms with Gasteiger partial charge in [0, 0.05) is 12.1 Å². The first-order chi connectivity index (χ1) is 14.7. The Bertz CT molecular complexity index is 1150. The Morgan fingerprint density at radius 1 is 1.00 bits per heavy atom. The number of hydrogen-bond acceptors (Lipinski definition) is 4. The second-order valence-electron chi connectivity index (χ2n) is 8.13. The fourth-order valence-electron chi connectivity index (χ4n) is 3.25. The smallest absolute Gasteiger partial charge is 0.309 e. The van der Waals surface area contributed by atoms with Gasteiger partial charge in [-0.1, -0.05) is 48.5 Å². The Hall–Kier alpha value is -3.67. The number of carbonyl (C=O) groups is 3. The molecular weight excluding hydrogens is 392 g/mol. The van der Waals surface area contributed by atoms with Crippen LogP contribution < -0.4 is 11.1 Å². The van der Waals surface area contributed by atoms with Crippen LogP contribution in [0.25, 0.3) is 21.9 Å². The Morgan fingerprint density at radius 3 is 2.45 bits per heavy atom. The lowest BCUT2D eigenvalue weighted by Crippen LogP contribution is -2.42. The molecule has 0 radical (unpaired) electrons. The molecule has 0 fully saturated rings. The molecule has 3 rings (SSSR count). The highest BCUT2D eigenvalue weighted by molar-refractivity contribution is 6.03. The number of nitrogens with two attached hydrogens (primary N) is 1. The number of ether oxygens (including phenoxy) is 1. The molecule has 0 spiro atoms. The fourth-order valence-corrected chi connectivity index (χ4v) is 3.25. The lowest BCUT2D eigenvalue weighted by Gasteiger charge is -2.20. The number of primary amides is 1. The maximum absolute atomic E-state index is 12.6. The third kappa shape index (κ3) is 5.09. The zero-order valence-corrected chi connectivity index (χ0v) is 17.9. The van der Waals surface area contributed by atoms with Crippen LogP contribution in [0.1, 0.15) is 29.8 Å². The van der Waals surface area contributed by atoms with Crippen LogP contribution in [0, 0.1) is 5.41 Å². The van der Waals surface area contributed by atoms with E-state index in [4.69, 9.17) is 10.5 Å². The summed E-state index contributed by atoms with van der Waals surface area (Å²) < 4.78 is 4.76. The van der Waals surface area contributed by atoms with E-state index >= 15 is 0 Å². The SMILES string of the molecule is COC(=O)Cc1cccc(-c2cccc3cc(C(=O)NCC(C)(C)C(N)=O)ccc23)c1. The zero-order valence-electron chi connectivity index (χ0n) is 17.9. The molecule has 0 heterocycles. The molecule has 3 aromatic carbocycles. The highest BCUT2D eigenvalue weighted by Gasteiger charge is 2.25. The maximum atomic E-state index is 12.6. The van der Waals surface area contributed by atoms with Crippen molar-refractivity contribution in [2.45, 2.75) is 20.3 Å². The van der Waals surface area contributed by atoms with Crippen LogP contribution in [0.5, 0.6) is 0 Å². The number of rotatable bonds is 7. The first-order valence-corrected chi connectivity index (χ1v) is 9.98. The third-order valence-corrected chi connectivity index (χ3v) is 5.31. The maximum Gasteiger partial charge on any atom is 0.309 e. The number of fused-ring (bicyclic) bond motifs is 1. The molecule has 0 saturated carbocycles. The van der Waals surface area contributed by atoms with Gasteiger partial charge < -0.3 is 15.8 Å². The van der Waals surface area contributed by atoms with Crippen molar-refractivity contribution in [2.75, 3.05) is 13.7 Å². The Morgan fingerprint density at radius 2 is 1.74 bits per heavy atom. The van der Waals surface area contributed by atoms with E-state index in [1.807, 2.05) is 54.6 Å². The number of esters is 1. The molecule has 0 bridgehead atoms. The van der Waals surface area contributed by atoms with Crippen molar-refractivity contribution >= 4 is 28.6 Å². The monoisotopic (exact) mass is 418 g/mol. The van der Waals surface area contributed by atoms with Gasteiger partial charge in [0.05, 0.1) is 18.9 Å². The summed E-state index contributed by atoms with van der Waals surface area (Å²) >= 11 is 0. The minimum atomic E-state index is -0.825. The molecule has 0 aliphatic rings. The summed E-state index contributed by atoms with van der Waals surface area (Å²) in [7, 11) is 1.37. The number of nitrogens with one attached hydrogen (secondary N) is 1. The van der Waals surface area contributed by atoms with E-state index in [1.165, 1.54) is 7.11 Å². The van der Waals surface area contributed by atoms with Crippen LogP contribution in [0.4, 0.5) is 0 Å². The normalized spacial score (nSPS) is 11.2. The zero-order chi connectivity index (χ0) is 22.6. The van der Waals surface area contributed by atoms with Crippen molar-refractivity contribution in [3.63, 3.8) is 0 Å². The molecule has 0 aliphatic heterocycles. The van der Waals surface area contributed by atoms with Gasteiger partial charge in [-0.2, -0.15) is 0 Å². The van der Waals surface area contributed by atoms with Crippen molar-refractivity contribution in [1.82, 2.24) is 5.32 Å². The first kappa shape index (κ1) is 22.0. The summed E-state index contributed by atoms with van der Waals surface area (Å²) in [4.78, 5) is 35.7. The molecule has 160 valence electrons. The summed E-state index contributed by atoms with van der Waals surface area (Å²) in [5.41, 5.74) is 7.90. The highest BCUT2D eigenvalue weighted by Crippen LogP contribution is 2.30. The molecule has 3 N–H and O–H groups in total. The van der Waals surface area contributed by atoms with E-state index in [0.717, 1.165) is 27.5 Å². The number of carbonyl (C=O) groups excluding carboxylic acids is 3. The average molecular weight is 418 g/mol. The molecule has 31 heavy (non-hydrogen) atoms. The van der Waals surface area contributed by atoms with Gasteiger partial charge in [-0.25, -0.2) is 0 Å². The molecule has 0 unspecified atom stereocenters. The van der Waals surface area contributed by atoms with Crippen LogP contribution in [0.15, 0.2) is 60.7 Å². The summed E-state index contributed by atoms with van der Waals surface area (Å²) in [6.07, 6.45) is 0.209. The van der Waals surface area contributed by atoms with Gasteiger partial charge in [0.25, 0.3) is 5.91 Å². The lowest BCUT2D eigenvalue weighted by molar-refractivity contribution is -0.139. The molecule has 0 saturated heterocycles. The van der Waals surface area contributed by atoms with E-state index in [1.54, 1.807) is 19.9 Å². The lowest BCUT2D eigenvalue weighted by atomic mass is 9.92. The minimum absolute atomic E-state index is 0.159. The Kier molecular flexibility index (Phi) is 6.39. The number of hydrogen-bond donors (Lipinski definition) is 2. The van der Waals surface area contributed by atoms with Gasteiger partial charge in [-0.3, -0.25) is 14.4 Å². The highest BCUT2D eigenvalue weighted by atomic mass is 16.5. The predicted molar refractivity (Wildman–Crippen MR) is 120 cm³/mol. The minimum Gasteiger partial charge on any atom is -0.469 e. The van der Waals surface area contributed by atoms with Crippen LogP contribution in [-0.2, 0) is 20.7 Å². The molecular formula is C25H26N2O4. The van der Waals surface area contributed by atoms with Crippen LogP contribution in [0.2, 0.25) is 0 Å². The number of benzene rings is 3. The third-order valence-electron chi connectivity index (χ3n) is 5.31. The number of amides is 2. The molecule has 0 aliphatic carbocycles. The van der Waals surface area contributed by atoms with Gasteiger partial charge in [0.1, 0.15) is 0 Å². The largest absolute Gasteiger partial charge is 0.469 e. The average Bonchev–Trinajstić information content (AvgIpc) is 2.76. The molecule has 6 heteroatoms. The number of methoxy groups -OCH3 is 1. The van der Waals surface area contributed by atoms with Crippen molar-refractivity contribution in [2.24, 2.45) is 11.1 Å². The summed E-state index contributed by atoms with van der Waals surface area (Å²) in [6, 6.07) is 19.1. The van der Waals surface area contributed by atoms with E-state index in [-0.39, 0.29) is 24.8 Å². The van der Waals surface area contributed by atoms with Gasteiger partial charge in [-0.05, 0) is 53.4 Å². The van der Waals surface area contributed by atoms with E-state index in [9.17, 15) is 14.4 Å². The summed E-state index contributed by atoms with van der Waals surface area (Å²) in [5.74, 6) is -1.02. The molecule has 3 aromatic rings. The van der Waals surface area contributed by atoms with Crippen molar-refractivity contribution in [3.8, 4) is 11.1 Å². The second kappa shape index (κ2) is 9.00. The Balaban J connectivity index is 1.89. The molecule has 0 aromatic heterocycles. The standard InChI is InChI=1S/C25H26N2O4/c1-25(2,24(26)30)15-27-23(29)19-10-11-21-18(14-19)8-5-9-20(21)17-7-4-6-16(12-17)13-22(28)31-3/h4-12,14H,13,15H2,1-3H3,(H2,26,30)(H,27,29).